The Morgan fingerprint density at radius 2 is 2.05 bits per heavy atom. The Bertz CT molecular complexity index is 793. The van der Waals surface area contributed by atoms with Crippen LogP contribution in [-0.4, -0.2) is 20.6 Å². The van der Waals surface area contributed by atoms with E-state index in [9.17, 15) is 0 Å². The van der Waals surface area contributed by atoms with Gasteiger partial charge in [-0.05, 0) is 23.8 Å². The fourth-order valence-electron chi connectivity index (χ4n) is 2.11. The fourth-order valence-corrected chi connectivity index (χ4v) is 2.30. The van der Waals surface area contributed by atoms with Crippen LogP contribution in [0.1, 0.15) is 11.3 Å². The van der Waals surface area contributed by atoms with Gasteiger partial charge in [-0.1, -0.05) is 29.8 Å². The van der Waals surface area contributed by atoms with Gasteiger partial charge in [-0.25, -0.2) is 9.67 Å². The summed E-state index contributed by atoms with van der Waals surface area (Å²) in [6.45, 7) is 0.487. The molecule has 0 bridgehead atoms. The van der Waals surface area contributed by atoms with Crippen LogP contribution in [0, 0.1) is 5.41 Å². The van der Waals surface area contributed by atoms with E-state index >= 15 is 0 Å². The zero-order valence-corrected chi connectivity index (χ0v) is 11.3. The minimum atomic E-state index is -0.0686. The molecule has 3 N–H and O–H groups in total. The van der Waals surface area contributed by atoms with Crippen molar-refractivity contribution in [3.8, 4) is 0 Å². The Kier molecular flexibility index (Phi) is 3.12. The van der Waals surface area contributed by atoms with Crippen molar-refractivity contribution in [1.82, 2.24) is 14.8 Å². The van der Waals surface area contributed by atoms with E-state index in [1.165, 1.54) is 0 Å². The molecule has 2 aromatic heterocycles. The zero-order chi connectivity index (χ0) is 14.1. The molecule has 0 radical (unpaired) electrons. The molecule has 0 saturated carbocycles. The molecular formula is C14H12ClN5. The summed E-state index contributed by atoms with van der Waals surface area (Å²) in [5, 5.41) is 13.4. The molecule has 100 valence electrons. The Morgan fingerprint density at radius 1 is 1.25 bits per heavy atom. The molecule has 3 aromatic rings. The average molecular weight is 286 g/mol. The molecule has 0 aliphatic rings. The first-order valence-electron chi connectivity index (χ1n) is 6.06. The van der Waals surface area contributed by atoms with Gasteiger partial charge in [0, 0.05) is 11.2 Å². The van der Waals surface area contributed by atoms with E-state index in [0.29, 0.717) is 22.9 Å². The normalized spacial score (nSPS) is 10.8. The number of nitrogens with two attached hydrogens (primary N) is 1. The van der Waals surface area contributed by atoms with Crippen LogP contribution in [0.5, 0.6) is 0 Å². The van der Waals surface area contributed by atoms with E-state index in [2.05, 4.69) is 10.1 Å². The number of rotatable bonds is 3. The van der Waals surface area contributed by atoms with E-state index in [4.69, 9.17) is 22.7 Å². The van der Waals surface area contributed by atoms with E-state index in [-0.39, 0.29) is 5.84 Å². The predicted molar refractivity (Wildman–Crippen MR) is 79.1 cm³/mol. The molecule has 1 aromatic carbocycles. The number of nitrogens with zero attached hydrogens (tertiary/aromatic N) is 3. The molecule has 0 fully saturated rings. The zero-order valence-electron chi connectivity index (χ0n) is 10.5. The lowest BCUT2D eigenvalue weighted by Crippen LogP contribution is -2.13. The van der Waals surface area contributed by atoms with Crippen molar-refractivity contribution in [3.63, 3.8) is 0 Å². The molecular weight excluding hydrogens is 274 g/mol. The van der Waals surface area contributed by atoms with Gasteiger partial charge in [-0.3, -0.25) is 5.41 Å². The molecule has 0 spiro atoms. The lowest BCUT2D eigenvalue weighted by atomic mass is 10.2. The first kappa shape index (κ1) is 12.6. The number of nitrogen functional groups attached to an aromatic ring is 1. The summed E-state index contributed by atoms with van der Waals surface area (Å²) in [5.74, 6) is -0.0686. The maximum atomic E-state index is 7.60. The Balaban J connectivity index is 2.13. The minimum absolute atomic E-state index is 0.0686. The summed E-state index contributed by atoms with van der Waals surface area (Å²) in [7, 11) is 0. The van der Waals surface area contributed by atoms with Crippen molar-refractivity contribution in [2.75, 3.05) is 0 Å². The van der Waals surface area contributed by atoms with Gasteiger partial charge in [0.1, 0.15) is 11.5 Å². The van der Waals surface area contributed by atoms with Crippen molar-refractivity contribution >= 4 is 28.5 Å². The third-order valence-corrected chi connectivity index (χ3v) is 3.41. The van der Waals surface area contributed by atoms with Gasteiger partial charge in [0.25, 0.3) is 0 Å². The van der Waals surface area contributed by atoms with Gasteiger partial charge in [-0.2, -0.15) is 5.10 Å². The Morgan fingerprint density at radius 3 is 2.80 bits per heavy atom. The second-order valence-corrected chi connectivity index (χ2v) is 4.79. The van der Waals surface area contributed by atoms with Crippen LogP contribution in [-0.2, 0) is 6.54 Å². The summed E-state index contributed by atoms with van der Waals surface area (Å²) >= 11 is 6.17. The number of pyridine rings is 1. The number of benzene rings is 1. The summed E-state index contributed by atoms with van der Waals surface area (Å²) in [5.41, 5.74) is 7.65. The van der Waals surface area contributed by atoms with Crippen molar-refractivity contribution in [3.05, 3.63) is 58.9 Å². The van der Waals surface area contributed by atoms with Gasteiger partial charge < -0.3 is 5.73 Å². The highest BCUT2D eigenvalue weighted by atomic mass is 35.5. The second-order valence-electron chi connectivity index (χ2n) is 4.39. The highest BCUT2D eigenvalue weighted by Crippen LogP contribution is 2.20. The molecule has 0 aliphatic carbocycles. The smallest absolute Gasteiger partial charge is 0.158 e. The molecule has 0 aliphatic heterocycles. The topological polar surface area (TPSA) is 80.6 Å². The first-order chi connectivity index (χ1) is 9.66. The molecule has 5 nitrogen and oxygen atoms in total. The van der Waals surface area contributed by atoms with Crippen LogP contribution in [0.2, 0.25) is 5.02 Å². The van der Waals surface area contributed by atoms with Crippen LogP contribution < -0.4 is 5.73 Å². The molecule has 0 atom stereocenters. The maximum Gasteiger partial charge on any atom is 0.158 e. The van der Waals surface area contributed by atoms with Crippen molar-refractivity contribution < 1.29 is 0 Å². The monoisotopic (exact) mass is 285 g/mol. The summed E-state index contributed by atoms with van der Waals surface area (Å²) in [4.78, 5) is 4.32. The van der Waals surface area contributed by atoms with Gasteiger partial charge in [0.15, 0.2) is 5.65 Å². The molecule has 0 saturated heterocycles. The maximum absolute atomic E-state index is 7.60. The number of hydrogen-bond donors (Lipinski definition) is 2. The highest BCUT2D eigenvalue weighted by molar-refractivity contribution is 6.31. The molecule has 0 unspecified atom stereocenters. The number of hydrogen-bond acceptors (Lipinski definition) is 3. The fraction of sp³-hybridized carbons (Fsp3) is 0.0714. The quantitative estimate of drug-likeness (QED) is 0.573. The van der Waals surface area contributed by atoms with Crippen molar-refractivity contribution in [2.24, 2.45) is 5.73 Å². The van der Waals surface area contributed by atoms with E-state index in [1.807, 2.05) is 30.3 Å². The number of fused-ring (bicyclic) bond motifs is 1. The lowest BCUT2D eigenvalue weighted by Gasteiger charge is -2.04. The van der Waals surface area contributed by atoms with Crippen molar-refractivity contribution in [2.45, 2.75) is 6.54 Å². The van der Waals surface area contributed by atoms with E-state index in [1.54, 1.807) is 16.9 Å². The number of halogens is 1. The molecule has 6 heteroatoms. The average Bonchev–Trinajstić information content (AvgIpc) is 2.81. The highest BCUT2D eigenvalue weighted by Gasteiger charge is 2.14. The molecule has 0 amide bonds. The van der Waals surface area contributed by atoms with Gasteiger partial charge in [0.05, 0.1) is 11.9 Å². The number of aromatic nitrogens is 3. The van der Waals surface area contributed by atoms with Crippen LogP contribution in [0.25, 0.3) is 11.0 Å². The van der Waals surface area contributed by atoms with Crippen LogP contribution in [0.4, 0.5) is 0 Å². The molecule has 3 rings (SSSR count). The molecule has 20 heavy (non-hydrogen) atoms. The summed E-state index contributed by atoms with van der Waals surface area (Å²) in [6, 6.07) is 11.2. The van der Waals surface area contributed by atoms with Gasteiger partial charge in [-0.15, -0.1) is 0 Å². The molecule has 2 heterocycles. The van der Waals surface area contributed by atoms with Gasteiger partial charge in [0.2, 0.25) is 0 Å². The summed E-state index contributed by atoms with van der Waals surface area (Å²) < 4.78 is 1.72. The van der Waals surface area contributed by atoms with Crippen LogP contribution in [0.3, 0.4) is 0 Å². The van der Waals surface area contributed by atoms with E-state index in [0.717, 1.165) is 10.9 Å². The standard InChI is InChI=1S/C14H12ClN5/c15-11-6-2-1-4-9(11)8-20-14-10(5-3-7-18-14)12(19-20)13(16)17/h1-7H,8H2,(H3,16,17). The number of nitrogens with one attached hydrogen (secondary N) is 1. The largest absolute Gasteiger partial charge is 0.382 e. The lowest BCUT2D eigenvalue weighted by molar-refractivity contribution is 0.701. The number of amidine groups is 1. The minimum Gasteiger partial charge on any atom is -0.382 e. The Labute approximate surface area is 120 Å². The van der Waals surface area contributed by atoms with Crippen LogP contribution >= 0.6 is 11.6 Å². The summed E-state index contributed by atoms with van der Waals surface area (Å²) in [6.07, 6.45) is 1.69. The first-order valence-corrected chi connectivity index (χ1v) is 6.44. The van der Waals surface area contributed by atoms with Crippen LogP contribution in [0.15, 0.2) is 42.6 Å². The SMILES string of the molecule is N=C(N)c1nn(Cc2ccccc2Cl)c2ncccc12. The Hall–Kier alpha value is -2.40. The second kappa shape index (κ2) is 4.94. The third kappa shape index (κ3) is 2.12. The predicted octanol–water partition coefficient (Wildman–Crippen LogP) is 2.42. The van der Waals surface area contributed by atoms with Crippen molar-refractivity contribution in [1.29, 1.82) is 5.41 Å². The third-order valence-electron chi connectivity index (χ3n) is 3.04. The van der Waals surface area contributed by atoms with Gasteiger partial charge >= 0.3 is 0 Å². The van der Waals surface area contributed by atoms with E-state index < -0.39 is 0 Å².